The van der Waals surface area contributed by atoms with E-state index in [1.54, 1.807) is 0 Å². The maximum Gasteiger partial charge on any atom is 0.314 e. The third-order valence-corrected chi connectivity index (χ3v) is 7.63. The first kappa shape index (κ1) is 17.7. The van der Waals surface area contributed by atoms with Crippen LogP contribution in [-0.2, 0) is 16.6 Å². The number of fused-ring (bicyclic) bond motifs is 6. The summed E-state index contributed by atoms with van der Waals surface area (Å²) in [5.74, 6) is -1.39. The fourth-order valence-corrected chi connectivity index (χ4v) is 6.12. The number of hydrogen-bond acceptors (Lipinski definition) is 3. The highest BCUT2D eigenvalue weighted by Crippen LogP contribution is 2.57. The van der Waals surface area contributed by atoms with Crippen molar-refractivity contribution in [2.24, 2.45) is 11.3 Å². The molecule has 0 spiro atoms. The largest absolute Gasteiger partial charge is 0.481 e. The lowest BCUT2D eigenvalue weighted by molar-refractivity contribution is -0.182. The van der Waals surface area contributed by atoms with Crippen LogP contribution in [0.3, 0.4) is 0 Å². The SMILES string of the molecule is CC12CCC(O)C(CO)(C(=O)O)C1CCc1cc3[nH]c4ccccc4c3cc12. The Morgan fingerprint density at radius 2 is 1.96 bits per heavy atom. The van der Waals surface area contributed by atoms with Gasteiger partial charge in [0.05, 0.1) is 12.7 Å². The van der Waals surface area contributed by atoms with Crippen LogP contribution in [0.2, 0.25) is 0 Å². The summed E-state index contributed by atoms with van der Waals surface area (Å²) in [5.41, 5.74) is 2.72. The van der Waals surface area contributed by atoms with E-state index in [4.69, 9.17) is 0 Å². The van der Waals surface area contributed by atoms with Gasteiger partial charge in [-0.15, -0.1) is 0 Å². The van der Waals surface area contributed by atoms with Gasteiger partial charge in [-0.1, -0.05) is 25.1 Å². The minimum Gasteiger partial charge on any atom is -0.481 e. The van der Waals surface area contributed by atoms with Crippen molar-refractivity contribution in [3.8, 4) is 0 Å². The van der Waals surface area contributed by atoms with E-state index < -0.39 is 24.1 Å². The molecule has 1 fully saturated rings. The molecule has 0 amide bonds. The molecule has 0 radical (unpaired) electrons. The van der Waals surface area contributed by atoms with Crippen LogP contribution in [0.25, 0.3) is 21.8 Å². The minimum atomic E-state index is -1.50. The van der Waals surface area contributed by atoms with E-state index in [9.17, 15) is 20.1 Å². The van der Waals surface area contributed by atoms with Crippen LogP contribution in [0, 0.1) is 11.3 Å². The predicted molar refractivity (Wildman–Crippen MR) is 107 cm³/mol. The lowest BCUT2D eigenvalue weighted by Crippen LogP contribution is -2.61. The Morgan fingerprint density at radius 3 is 2.71 bits per heavy atom. The first-order valence-electron chi connectivity index (χ1n) is 9.98. The number of para-hydroxylation sites is 1. The zero-order valence-electron chi connectivity index (χ0n) is 15.9. The van der Waals surface area contributed by atoms with Crippen LogP contribution in [0.4, 0.5) is 0 Å². The molecule has 5 nitrogen and oxygen atoms in total. The lowest BCUT2D eigenvalue weighted by atomic mass is 9.48. The quantitative estimate of drug-likeness (QED) is 0.549. The molecule has 2 aliphatic rings. The molecule has 0 bridgehead atoms. The molecule has 2 aromatic carbocycles. The van der Waals surface area contributed by atoms with Crippen LogP contribution in [0.1, 0.15) is 37.3 Å². The lowest BCUT2D eigenvalue weighted by Gasteiger charge is -2.55. The van der Waals surface area contributed by atoms with Crippen LogP contribution in [-0.4, -0.2) is 39.0 Å². The standard InChI is InChI=1S/C23H25NO4/c1-22-9-8-20(26)23(12-25,21(27)28)19(22)7-6-13-10-18-15(11-16(13)22)14-4-2-3-5-17(14)24-18/h2-5,10-11,19-20,24-26H,6-9,12H2,1H3,(H,27,28). The number of aryl methyl sites for hydroxylation is 1. The number of aromatic amines is 1. The number of hydrogen-bond donors (Lipinski definition) is 4. The molecule has 5 heteroatoms. The van der Waals surface area contributed by atoms with Gasteiger partial charge in [0.1, 0.15) is 5.41 Å². The third kappa shape index (κ3) is 2.06. The number of aliphatic hydroxyl groups is 2. The monoisotopic (exact) mass is 379 g/mol. The molecule has 3 aromatic rings. The van der Waals surface area contributed by atoms with Crippen molar-refractivity contribution in [2.75, 3.05) is 6.61 Å². The molecule has 146 valence electrons. The molecule has 0 aliphatic heterocycles. The maximum atomic E-state index is 12.2. The number of carbonyl (C=O) groups is 1. The number of aromatic nitrogens is 1. The zero-order chi connectivity index (χ0) is 19.7. The van der Waals surface area contributed by atoms with E-state index >= 15 is 0 Å². The molecular formula is C23H25NO4. The second kappa shape index (κ2) is 5.82. The first-order valence-corrected chi connectivity index (χ1v) is 9.98. The van der Waals surface area contributed by atoms with Crippen molar-refractivity contribution in [3.63, 3.8) is 0 Å². The fourth-order valence-electron chi connectivity index (χ4n) is 6.12. The van der Waals surface area contributed by atoms with Crippen molar-refractivity contribution < 1.29 is 20.1 Å². The van der Waals surface area contributed by atoms with Crippen LogP contribution in [0.15, 0.2) is 36.4 Å². The average molecular weight is 379 g/mol. The van der Waals surface area contributed by atoms with Crippen LogP contribution < -0.4 is 0 Å². The maximum absolute atomic E-state index is 12.2. The number of nitrogens with one attached hydrogen (secondary N) is 1. The van der Waals surface area contributed by atoms with Gasteiger partial charge in [0, 0.05) is 21.8 Å². The molecule has 2 aliphatic carbocycles. The molecular weight excluding hydrogens is 354 g/mol. The Morgan fingerprint density at radius 1 is 1.18 bits per heavy atom. The summed E-state index contributed by atoms with van der Waals surface area (Å²) < 4.78 is 0. The van der Waals surface area contributed by atoms with Gasteiger partial charge in [0.25, 0.3) is 0 Å². The second-order valence-electron chi connectivity index (χ2n) is 8.79. The van der Waals surface area contributed by atoms with Gasteiger partial charge in [-0.2, -0.15) is 0 Å². The number of aliphatic carboxylic acids is 1. The third-order valence-electron chi connectivity index (χ3n) is 7.63. The van der Waals surface area contributed by atoms with Crippen LogP contribution >= 0.6 is 0 Å². The summed E-state index contributed by atoms with van der Waals surface area (Å²) in [6.45, 7) is 1.59. The zero-order valence-corrected chi connectivity index (χ0v) is 15.9. The van der Waals surface area contributed by atoms with E-state index in [-0.39, 0.29) is 11.3 Å². The average Bonchev–Trinajstić information content (AvgIpc) is 3.05. The van der Waals surface area contributed by atoms with Gasteiger partial charge in [-0.25, -0.2) is 0 Å². The highest BCUT2D eigenvalue weighted by Gasteiger charge is 2.61. The smallest absolute Gasteiger partial charge is 0.314 e. The Kier molecular flexibility index (Phi) is 3.68. The fraction of sp³-hybridized carbons (Fsp3) is 0.435. The summed E-state index contributed by atoms with van der Waals surface area (Å²) in [4.78, 5) is 15.7. The molecule has 0 saturated heterocycles. The number of carboxylic acids is 1. The van der Waals surface area contributed by atoms with Crippen LogP contribution in [0.5, 0.6) is 0 Å². The van der Waals surface area contributed by atoms with E-state index in [0.717, 1.165) is 28.2 Å². The normalized spacial score (nSPS) is 32.2. The Balaban J connectivity index is 1.75. The number of H-pyrrole nitrogens is 1. The summed E-state index contributed by atoms with van der Waals surface area (Å²) in [6, 6.07) is 12.6. The number of aliphatic hydroxyl groups excluding tert-OH is 2. The molecule has 5 rings (SSSR count). The molecule has 4 unspecified atom stereocenters. The number of rotatable bonds is 2. The highest BCUT2D eigenvalue weighted by molar-refractivity contribution is 6.07. The molecule has 1 heterocycles. The van der Waals surface area contributed by atoms with Gasteiger partial charge in [0.15, 0.2) is 0 Å². The van der Waals surface area contributed by atoms with E-state index in [1.807, 2.05) is 12.1 Å². The Labute approximate surface area is 163 Å². The summed E-state index contributed by atoms with van der Waals surface area (Å²) in [7, 11) is 0. The molecule has 4 atom stereocenters. The predicted octanol–water partition coefficient (Wildman–Crippen LogP) is 3.36. The van der Waals surface area contributed by atoms with Gasteiger partial charge < -0.3 is 20.3 Å². The highest BCUT2D eigenvalue weighted by atomic mass is 16.4. The summed E-state index contributed by atoms with van der Waals surface area (Å²) in [5, 5.41) is 33.1. The van der Waals surface area contributed by atoms with Crippen molar-refractivity contribution in [2.45, 2.75) is 44.1 Å². The van der Waals surface area contributed by atoms with Gasteiger partial charge >= 0.3 is 5.97 Å². The van der Waals surface area contributed by atoms with E-state index in [0.29, 0.717) is 19.3 Å². The second-order valence-corrected chi connectivity index (χ2v) is 8.79. The minimum absolute atomic E-state index is 0.304. The van der Waals surface area contributed by atoms with Crippen molar-refractivity contribution in [1.29, 1.82) is 0 Å². The number of benzene rings is 2. The van der Waals surface area contributed by atoms with E-state index in [1.165, 1.54) is 11.1 Å². The molecule has 28 heavy (non-hydrogen) atoms. The van der Waals surface area contributed by atoms with Gasteiger partial charge in [-0.05, 0) is 66.3 Å². The number of carboxylic acid groups (broad SMARTS) is 1. The summed E-state index contributed by atoms with van der Waals surface area (Å²) >= 11 is 0. The van der Waals surface area contributed by atoms with E-state index in [2.05, 4.69) is 36.2 Å². The first-order chi connectivity index (χ1) is 13.4. The van der Waals surface area contributed by atoms with Crippen molar-refractivity contribution in [1.82, 2.24) is 4.98 Å². The molecule has 4 N–H and O–H groups in total. The molecule has 1 aromatic heterocycles. The van der Waals surface area contributed by atoms with Crippen molar-refractivity contribution >= 4 is 27.8 Å². The Hall–Kier alpha value is -2.37. The summed E-state index contributed by atoms with van der Waals surface area (Å²) in [6.07, 6.45) is 1.48. The van der Waals surface area contributed by atoms with Gasteiger partial charge in [0.2, 0.25) is 0 Å². The molecule has 1 saturated carbocycles. The Bertz CT molecular complexity index is 1100. The van der Waals surface area contributed by atoms with Gasteiger partial charge in [-0.3, -0.25) is 4.79 Å². The topological polar surface area (TPSA) is 93.6 Å². The van der Waals surface area contributed by atoms with Crippen molar-refractivity contribution in [3.05, 3.63) is 47.5 Å².